The highest BCUT2D eigenvalue weighted by molar-refractivity contribution is 5.63. The van der Waals surface area contributed by atoms with E-state index in [0.29, 0.717) is 5.69 Å². The van der Waals surface area contributed by atoms with Crippen molar-refractivity contribution in [1.29, 1.82) is 0 Å². The fourth-order valence-electron chi connectivity index (χ4n) is 1.44. The predicted octanol–water partition coefficient (Wildman–Crippen LogP) is 2.68. The number of benzene rings is 2. The molecule has 4 nitrogen and oxygen atoms in total. The van der Waals surface area contributed by atoms with Crippen LogP contribution in [0.1, 0.15) is 0 Å². The minimum Gasteiger partial charge on any atom is -0.399 e. The molecule has 16 heavy (non-hydrogen) atoms. The Hall–Kier alpha value is -2.36. The van der Waals surface area contributed by atoms with Crippen molar-refractivity contribution in [3.63, 3.8) is 0 Å². The summed E-state index contributed by atoms with van der Waals surface area (Å²) in [7, 11) is 0. The van der Waals surface area contributed by atoms with E-state index in [2.05, 4.69) is 5.22 Å². The van der Waals surface area contributed by atoms with Gasteiger partial charge in [-0.05, 0) is 12.1 Å². The van der Waals surface area contributed by atoms with Gasteiger partial charge in [0.25, 0.3) is 0 Å². The van der Waals surface area contributed by atoms with Crippen molar-refractivity contribution in [2.75, 3.05) is 10.7 Å². The van der Waals surface area contributed by atoms with Crippen molar-refractivity contribution in [2.45, 2.75) is 0 Å². The van der Waals surface area contributed by atoms with Gasteiger partial charge in [-0.1, -0.05) is 48.0 Å². The fraction of sp³-hybridized carbons (Fsp3) is 0. The van der Waals surface area contributed by atoms with Gasteiger partial charge in [0.1, 0.15) is 5.22 Å². The highest BCUT2D eigenvalue weighted by Gasteiger charge is 2.07. The molecule has 0 unspecified atom stereocenters. The van der Waals surface area contributed by atoms with Gasteiger partial charge in [-0.15, -0.1) is 0 Å². The number of para-hydroxylation sites is 1. The zero-order valence-corrected chi connectivity index (χ0v) is 8.62. The van der Waals surface area contributed by atoms with Crippen LogP contribution in [0.4, 0.5) is 17.1 Å². The van der Waals surface area contributed by atoms with E-state index in [9.17, 15) is 0 Å². The molecule has 4 heteroatoms. The summed E-state index contributed by atoms with van der Waals surface area (Å²) in [5.74, 6) is 0. The molecule has 79 valence electrons. The molecule has 0 spiro atoms. The summed E-state index contributed by atoms with van der Waals surface area (Å²) in [6.07, 6.45) is 0. The van der Waals surface area contributed by atoms with E-state index in [1.54, 1.807) is 24.3 Å². The molecule has 0 aromatic heterocycles. The number of nitrogens with zero attached hydrogens (tertiary/aromatic N) is 3. The van der Waals surface area contributed by atoms with Crippen molar-refractivity contribution in [3.05, 3.63) is 60.1 Å². The van der Waals surface area contributed by atoms with Gasteiger partial charge in [-0.2, -0.15) is 5.01 Å². The van der Waals surface area contributed by atoms with E-state index in [1.165, 1.54) is 5.01 Å². The number of anilines is 3. The molecular weight excluding hydrogens is 200 g/mol. The second-order valence-corrected chi connectivity index (χ2v) is 3.33. The third kappa shape index (κ3) is 2.00. The summed E-state index contributed by atoms with van der Waals surface area (Å²) in [5, 5.41) is 4.68. The molecule has 0 amide bonds. The third-order valence-corrected chi connectivity index (χ3v) is 2.23. The molecule has 2 aromatic carbocycles. The zero-order chi connectivity index (χ0) is 11.4. The Labute approximate surface area is 93.8 Å². The van der Waals surface area contributed by atoms with Crippen molar-refractivity contribution < 1.29 is 0 Å². The number of rotatable bonds is 3. The third-order valence-electron chi connectivity index (χ3n) is 2.23. The average molecular weight is 211 g/mol. The van der Waals surface area contributed by atoms with Crippen LogP contribution in [0.25, 0.3) is 5.53 Å². The van der Waals surface area contributed by atoms with Crippen LogP contribution < -0.4 is 16.0 Å². The molecule has 0 fully saturated rings. The Morgan fingerprint density at radius 2 is 1.44 bits per heavy atom. The lowest BCUT2D eigenvalue weighted by molar-refractivity contribution is 0.964. The quantitative estimate of drug-likeness (QED) is 0.482. The lowest BCUT2D eigenvalue weighted by atomic mass is 10.2. The molecule has 2 aromatic rings. The molecule has 0 aliphatic rings. The average Bonchev–Trinajstić information content (AvgIpc) is 2.34. The Balaban J connectivity index is 2.37. The van der Waals surface area contributed by atoms with Gasteiger partial charge >= 0.3 is 0 Å². The molecule has 0 aliphatic heterocycles. The molecule has 2 N–H and O–H groups in total. The van der Waals surface area contributed by atoms with Gasteiger partial charge < -0.3 is 5.73 Å². The van der Waals surface area contributed by atoms with Gasteiger partial charge in [0, 0.05) is 17.1 Å². The van der Waals surface area contributed by atoms with Crippen molar-refractivity contribution >= 4 is 17.1 Å². The van der Waals surface area contributed by atoms with E-state index in [-0.39, 0.29) is 0 Å². The standard InChI is InChI=1S/C12H11N4/c13-10-6-8-12(9-7-10)16(15-14)11-4-2-1-3-5-11/h1-9H,13H2. The SMILES string of the molecule is [N-]=[N+]N(c1ccccc1)c1ccc(N)cc1. The van der Waals surface area contributed by atoms with Crippen LogP contribution in [-0.4, -0.2) is 0 Å². The maximum Gasteiger partial charge on any atom is 0.138 e. The van der Waals surface area contributed by atoms with E-state index in [4.69, 9.17) is 11.3 Å². The van der Waals surface area contributed by atoms with Crippen LogP contribution >= 0.6 is 0 Å². The molecule has 0 bridgehead atoms. The molecule has 0 saturated heterocycles. The lowest BCUT2D eigenvalue weighted by Crippen LogP contribution is -2.16. The number of hydrogen-bond acceptors (Lipinski definition) is 2. The van der Waals surface area contributed by atoms with Crippen molar-refractivity contribution in [2.24, 2.45) is 0 Å². The van der Waals surface area contributed by atoms with Crippen molar-refractivity contribution in [1.82, 2.24) is 5.22 Å². The van der Waals surface area contributed by atoms with E-state index in [1.807, 2.05) is 30.3 Å². The van der Waals surface area contributed by atoms with E-state index < -0.39 is 0 Å². The smallest absolute Gasteiger partial charge is 0.138 e. The van der Waals surface area contributed by atoms with Gasteiger partial charge in [0.05, 0.1) is 0 Å². The normalized spacial score (nSPS) is 9.75. The Bertz CT molecular complexity index is 464. The van der Waals surface area contributed by atoms with Gasteiger partial charge in [0.15, 0.2) is 0 Å². The van der Waals surface area contributed by atoms with Crippen molar-refractivity contribution in [3.8, 4) is 0 Å². The molecule has 0 heterocycles. The summed E-state index contributed by atoms with van der Waals surface area (Å²) in [5.41, 5.74) is 16.8. The van der Waals surface area contributed by atoms with Gasteiger partial charge in [-0.3, -0.25) is 0 Å². The summed E-state index contributed by atoms with van der Waals surface area (Å²) in [6, 6.07) is 16.5. The monoisotopic (exact) mass is 211 g/mol. The van der Waals surface area contributed by atoms with Crippen LogP contribution in [0.15, 0.2) is 54.6 Å². The summed E-state index contributed by atoms with van der Waals surface area (Å²) < 4.78 is 0. The molecule has 0 atom stereocenters. The molecular formula is C12H11N4. The van der Waals surface area contributed by atoms with Gasteiger partial charge in [-0.25, -0.2) is 0 Å². The largest absolute Gasteiger partial charge is 0.399 e. The second-order valence-electron chi connectivity index (χ2n) is 3.33. The van der Waals surface area contributed by atoms with Crippen LogP contribution in [0.3, 0.4) is 0 Å². The first kappa shape index (κ1) is 10.2. The first-order valence-electron chi connectivity index (χ1n) is 4.87. The Kier molecular flexibility index (Phi) is 2.82. The van der Waals surface area contributed by atoms with Crippen LogP contribution in [0.5, 0.6) is 0 Å². The number of hydrogen-bond donors (Lipinski definition) is 1. The van der Waals surface area contributed by atoms with Crippen LogP contribution in [0.2, 0.25) is 0 Å². The molecule has 0 saturated carbocycles. The van der Waals surface area contributed by atoms with E-state index >= 15 is 0 Å². The highest BCUT2D eigenvalue weighted by Crippen LogP contribution is 2.23. The molecule has 1 radical (unpaired) electrons. The fourth-order valence-corrected chi connectivity index (χ4v) is 1.44. The van der Waals surface area contributed by atoms with Crippen LogP contribution in [0, 0.1) is 0 Å². The van der Waals surface area contributed by atoms with Gasteiger partial charge in [0.2, 0.25) is 0 Å². The first-order chi connectivity index (χ1) is 7.81. The molecule has 2 rings (SSSR count). The Morgan fingerprint density at radius 3 is 2.00 bits per heavy atom. The summed E-state index contributed by atoms with van der Waals surface area (Å²) in [4.78, 5) is 0. The number of nitrogen functional groups attached to an aromatic ring is 1. The lowest BCUT2D eigenvalue weighted by Gasteiger charge is -2.14. The first-order valence-corrected chi connectivity index (χ1v) is 4.87. The van der Waals surface area contributed by atoms with Crippen LogP contribution in [-0.2, 0) is 0 Å². The Morgan fingerprint density at radius 1 is 0.875 bits per heavy atom. The minimum atomic E-state index is 0.676. The molecule has 0 aliphatic carbocycles. The maximum atomic E-state index is 9.02. The predicted molar refractivity (Wildman–Crippen MR) is 64.9 cm³/mol. The second kappa shape index (κ2) is 4.44. The maximum absolute atomic E-state index is 9.02. The summed E-state index contributed by atoms with van der Waals surface area (Å²) >= 11 is 0. The summed E-state index contributed by atoms with van der Waals surface area (Å²) in [6.45, 7) is 0. The topological polar surface area (TPSA) is 65.7 Å². The zero-order valence-electron chi connectivity index (χ0n) is 8.62. The number of nitrogens with two attached hydrogens (primary N) is 1. The highest BCUT2D eigenvalue weighted by atomic mass is 15.5. The minimum absolute atomic E-state index is 0.676. The van der Waals surface area contributed by atoms with E-state index in [0.717, 1.165) is 11.4 Å².